The van der Waals surface area contributed by atoms with Gasteiger partial charge in [-0.25, -0.2) is 0 Å². The van der Waals surface area contributed by atoms with E-state index in [4.69, 9.17) is 4.74 Å². The molecule has 2 aliphatic carbocycles. The van der Waals surface area contributed by atoms with Crippen molar-refractivity contribution in [1.29, 1.82) is 0 Å². The first-order valence-electron chi connectivity index (χ1n) is 10.5. The summed E-state index contributed by atoms with van der Waals surface area (Å²) in [7, 11) is 1.80. The van der Waals surface area contributed by atoms with Crippen molar-refractivity contribution in [2.24, 2.45) is 11.8 Å². The lowest BCUT2D eigenvalue weighted by Gasteiger charge is -2.46. The number of unbranched alkanes of at least 4 members (excludes halogenated alkanes) is 1. The summed E-state index contributed by atoms with van der Waals surface area (Å²) < 4.78 is 5.78. The molecule has 0 bridgehead atoms. The maximum Gasteiger partial charge on any atom is 0.126 e. The normalized spacial score (nSPS) is 28.2. The van der Waals surface area contributed by atoms with Crippen molar-refractivity contribution in [2.75, 3.05) is 7.11 Å². The molecule has 0 spiro atoms. The monoisotopic (exact) mass is 363 g/mol. The van der Waals surface area contributed by atoms with Gasteiger partial charge in [-0.2, -0.15) is 0 Å². The van der Waals surface area contributed by atoms with Crippen molar-refractivity contribution in [3.05, 3.63) is 58.7 Å². The van der Waals surface area contributed by atoms with Crippen LogP contribution in [-0.4, -0.2) is 18.7 Å². The quantitative estimate of drug-likeness (QED) is 0.694. The van der Waals surface area contributed by atoms with Crippen molar-refractivity contribution >= 4 is 5.57 Å². The second kappa shape index (κ2) is 6.98. The molecule has 1 N–H and O–H groups in total. The highest BCUT2D eigenvalue weighted by Gasteiger charge is 2.41. The standard InChI is InChI=1S/C25H33NO/c1-6-7-9-18-14-17-10-8-11-21(27-5)23(17)19-12-13-20-22(24(18)19)16(2)15-25(3,4)26-20/h8,10-13,15,18,20,22,26H,6-7,9,14H2,1-5H3. The molecular weight excluding hydrogens is 330 g/mol. The Kier molecular flexibility index (Phi) is 4.80. The molecule has 3 aliphatic rings. The third kappa shape index (κ3) is 3.18. The lowest BCUT2D eigenvalue weighted by Crippen LogP contribution is -2.53. The van der Waals surface area contributed by atoms with Crippen LogP contribution in [0, 0.1) is 11.8 Å². The minimum absolute atomic E-state index is 0.0524. The van der Waals surface area contributed by atoms with Crippen LogP contribution in [0.1, 0.15) is 58.1 Å². The van der Waals surface area contributed by atoms with E-state index in [9.17, 15) is 0 Å². The van der Waals surface area contributed by atoms with Crippen LogP contribution >= 0.6 is 0 Å². The van der Waals surface area contributed by atoms with Gasteiger partial charge in [-0.1, -0.05) is 55.7 Å². The lowest BCUT2D eigenvalue weighted by atomic mass is 9.64. The molecule has 144 valence electrons. The summed E-state index contributed by atoms with van der Waals surface area (Å²) in [5.41, 5.74) is 7.41. The van der Waals surface area contributed by atoms with Gasteiger partial charge in [-0.15, -0.1) is 0 Å². The first-order valence-corrected chi connectivity index (χ1v) is 10.5. The lowest BCUT2D eigenvalue weighted by molar-refractivity contribution is 0.336. The number of fused-ring (bicyclic) bond motifs is 4. The Hall–Kier alpha value is -1.80. The summed E-state index contributed by atoms with van der Waals surface area (Å²) in [6, 6.07) is 6.95. The van der Waals surface area contributed by atoms with Crippen LogP contribution < -0.4 is 10.1 Å². The van der Waals surface area contributed by atoms with E-state index in [1.807, 2.05) is 0 Å². The van der Waals surface area contributed by atoms with Gasteiger partial charge >= 0.3 is 0 Å². The van der Waals surface area contributed by atoms with E-state index in [1.54, 1.807) is 12.7 Å². The fourth-order valence-corrected chi connectivity index (χ4v) is 5.57. The molecule has 0 saturated heterocycles. The molecule has 4 rings (SSSR count). The van der Waals surface area contributed by atoms with Gasteiger partial charge < -0.3 is 10.1 Å². The van der Waals surface area contributed by atoms with Crippen LogP contribution in [0.5, 0.6) is 5.75 Å². The summed E-state index contributed by atoms with van der Waals surface area (Å²) in [6.45, 7) is 9.18. The number of hydrogen-bond acceptors (Lipinski definition) is 2. The SMILES string of the molecule is CCCCC1Cc2cccc(OC)c2C2=C1C1C(C)=CC(C)(C)NC1C=C2. The zero-order valence-electron chi connectivity index (χ0n) is 17.4. The number of benzene rings is 1. The van der Waals surface area contributed by atoms with Crippen LogP contribution in [0.3, 0.4) is 0 Å². The van der Waals surface area contributed by atoms with Gasteiger partial charge in [0, 0.05) is 23.1 Å². The molecule has 1 aromatic carbocycles. The van der Waals surface area contributed by atoms with Gasteiger partial charge in [0.15, 0.2) is 0 Å². The summed E-state index contributed by atoms with van der Waals surface area (Å²) >= 11 is 0. The molecule has 2 heteroatoms. The predicted octanol–water partition coefficient (Wildman–Crippen LogP) is 5.69. The van der Waals surface area contributed by atoms with Crippen molar-refractivity contribution in [3.8, 4) is 5.75 Å². The number of allylic oxidation sites excluding steroid dienone is 2. The predicted molar refractivity (Wildman–Crippen MR) is 114 cm³/mol. The first-order chi connectivity index (χ1) is 12.9. The topological polar surface area (TPSA) is 21.3 Å². The molecular formula is C25H33NO. The Morgan fingerprint density at radius 2 is 2.07 bits per heavy atom. The van der Waals surface area contributed by atoms with Crippen LogP contribution in [-0.2, 0) is 6.42 Å². The number of methoxy groups -OCH3 is 1. The van der Waals surface area contributed by atoms with E-state index in [0.717, 1.165) is 12.2 Å². The molecule has 0 aromatic heterocycles. The van der Waals surface area contributed by atoms with Gasteiger partial charge in [0.1, 0.15) is 5.75 Å². The summed E-state index contributed by atoms with van der Waals surface area (Å²) in [5.74, 6) is 2.11. The fraction of sp³-hybridized carbons (Fsp3) is 0.520. The Labute approximate surface area is 164 Å². The molecule has 1 aromatic rings. The molecule has 0 radical (unpaired) electrons. The average molecular weight is 364 g/mol. The Morgan fingerprint density at radius 3 is 2.81 bits per heavy atom. The first kappa shape index (κ1) is 18.6. The molecule has 1 aliphatic heterocycles. The second-order valence-electron chi connectivity index (χ2n) is 9.02. The Balaban J connectivity index is 1.89. The third-order valence-electron chi connectivity index (χ3n) is 6.51. The van der Waals surface area contributed by atoms with E-state index in [2.05, 4.69) is 69.4 Å². The van der Waals surface area contributed by atoms with Crippen molar-refractivity contribution in [3.63, 3.8) is 0 Å². The zero-order chi connectivity index (χ0) is 19.2. The Morgan fingerprint density at radius 1 is 1.26 bits per heavy atom. The van der Waals surface area contributed by atoms with E-state index in [1.165, 1.54) is 41.5 Å². The molecule has 2 nitrogen and oxygen atoms in total. The van der Waals surface area contributed by atoms with Gasteiger partial charge in [0.25, 0.3) is 0 Å². The smallest absolute Gasteiger partial charge is 0.126 e. The van der Waals surface area contributed by atoms with Gasteiger partial charge in [0.05, 0.1) is 7.11 Å². The maximum atomic E-state index is 5.78. The fourth-order valence-electron chi connectivity index (χ4n) is 5.57. The van der Waals surface area contributed by atoms with E-state index >= 15 is 0 Å². The van der Waals surface area contributed by atoms with Gasteiger partial charge in [-0.05, 0) is 62.3 Å². The number of hydrogen-bond donors (Lipinski definition) is 1. The molecule has 3 atom stereocenters. The van der Waals surface area contributed by atoms with Gasteiger partial charge in [-0.3, -0.25) is 0 Å². The van der Waals surface area contributed by atoms with E-state index in [0.29, 0.717) is 17.9 Å². The van der Waals surface area contributed by atoms with E-state index < -0.39 is 0 Å². The minimum Gasteiger partial charge on any atom is -0.496 e. The van der Waals surface area contributed by atoms with Gasteiger partial charge in [0.2, 0.25) is 0 Å². The number of nitrogens with one attached hydrogen (secondary N) is 1. The number of ether oxygens (including phenoxy) is 1. The summed E-state index contributed by atoms with van der Waals surface area (Å²) in [4.78, 5) is 0. The molecule has 27 heavy (non-hydrogen) atoms. The second-order valence-corrected chi connectivity index (χ2v) is 9.02. The third-order valence-corrected chi connectivity index (χ3v) is 6.51. The van der Waals surface area contributed by atoms with E-state index in [-0.39, 0.29) is 5.54 Å². The highest BCUT2D eigenvalue weighted by Crippen LogP contribution is 2.50. The number of rotatable bonds is 4. The van der Waals surface area contributed by atoms with Crippen molar-refractivity contribution in [1.82, 2.24) is 5.32 Å². The molecule has 0 saturated carbocycles. The maximum absolute atomic E-state index is 5.78. The highest BCUT2D eigenvalue weighted by atomic mass is 16.5. The average Bonchev–Trinajstić information content (AvgIpc) is 2.63. The molecule has 0 amide bonds. The highest BCUT2D eigenvalue weighted by molar-refractivity contribution is 5.86. The summed E-state index contributed by atoms with van der Waals surface area (Å²) in [6.07, 6.45) is 12.2. The molecule has 1 heterocycles. The van der Waals surface area contributed by atoms with Crippen LogP contribution in [0.2, 0.25) is 0 Å². The van der Waals surface area contributed by atoms with Crippen LogP contribution in [0.25, 0.3) is 5.57 Å². The van der Waals surface area contributed by atoms with Crippen molar-refractivity contribution < 1.29 is 4.74 Å². The zero-order valence-corrected chi connectivity index (χ0v) is 17.4. The largest absolute Gasteiger partial charge is 0.496 e. The van der Waals surface area contributed by atoms with Crippen molar-refractivity contribution in [2.45, 2.75) is 65.0 Å². The Bertz CT molecular complexity index is 827. The molecule has 0 fully saturated rings. The van der Waals surface area contributed by atoms with Crippen LogP contribution in [0.15, 0.2) is 47.6 Å². The van der Waals surface area contributed by atoms with Crippen LogP contribution in [0.4, 0.5) is 0 Å². The molecule has 3 unspecified atom stereocenters. The minimum atomic E-state index is 0.0524. The summed E-state index contributed by atoms with van der Waals surface area (Å²) in [5, 5.41) is 3.86.